The molecule has 1 N–H and O–H groups in total. The van der Waals surface area contributed by atoms with Crippen molar-refractivity contribution in [1.29, 1.82) is 0 Å². The van der Waals surface area contributed by atoms with E-state index in [1.54, 1.807) is 24.0 Å². The lowest BCUT2D eigenvalue weighted by molar-refractivity contribution is -0.161. The molecule has 2 aromatic rings. The van der Waals surface area contributed by atoms with E-state index in [1.807, 2.05) is 30.3 Å². The number of benzene rings is 2. The number of hydrogen-bond acceptors (Lipinski definition) is 5. The van der Waals surface area contributed by atoms with Gasteiger partial charge < -0.3 is 9.64 Å². The summed E-state index contributed by atoms with van der Waals surface area (Å²) in [4.78, 5) is 28.6. The predicted octanol–water partition coefficient (Wildman–Crippen LogP) is 2.93. The number of rotatable bonds is 5. The van der Waals surface area contributed by atoms with Gasteiger partial charge >= 0.3 is 0 Å². The molecule has 2 fully saturated rings. The topological polar surface area (TPSA) is 92.8 Å². The van der Waals surface area contributed by atoms with Crippen LogP contribution in [0.15, 0.2) is 53.4 Å². The molecule has 33 heavy (non-hydrogen) atoms. The van der Waals surface area contributed by atoms with Gasteiger partial charge in [0.1, 0.15) is 11.3 Å². The first-order valence-corrected chi connectivity index (χ1v) is 13.0. The van der Waals surface area contributed by atoms with Gasteiger partial charge in [-0.1, -0.05) is 43.2 Å². The Labute approximate surface area is 194 Å². The van der Waals surface area contributed by atoms with Gasteiger partial charge in [0, 0.05) is 13.0 Å². The van der Waals surface area contributed by atoms with Crippen LogP contribution >= 0.6 is 0 Å². The number of amides is 2. The fraction of sp³-hybridized carbons (Fsp3) is 0.440. The molecule has 7 nitrogen and oxygen atoms in total. The fourth-order valence-corrected chi connectivity index (χ4v) is 6.49. The van der Waals surface area contributed by atoms with E-state index in [0.29, 0.717) is 31.7 Å². The second-order valence-corrected chi connectivity index (χ2v) is 11.1. The zero-order valence-corrected chi connectivity index (χ0v) is 19.5. The molecule has 1 saturated heterocycles. The average molecular weight is 469 g/mol. The Balaban J connectivity index is 1.38. The number of likely N-dealkylation sites (tertiary alicyclic amines) is 1. The molecular formula is C25H28N2O5S. The molecule has 0 bridgehead atoms. The van der Waals surface area contributed by atoms with Gasteiger partial charge in [0.15, 0.2) is 0 Å². The molecular weight excluding hydrogens is 440 g/mol. The van der Waals surface area contributed by atoms with Crippen LogP contribution in [0.2, 0.25) is 0 Å². The van der Waals surface area contributed by atoms with Crippen LogP contribution in [0.3, 0.4) is 0 Å². The number of carbonyl (C=O) groups is 2. The van der Waals surface area contributed by atoms with Crippen molar-refractivity contribution in [3.05, 3.63) is 59.7 Å². The summed E-state index contributed by atoms with van der Waals surface area (Å²) in [6.07, 6.45) is 4.43. The van der Waals surface area contributed by atoms with Crippen LogP contribution in [-0.4, -0.2) is 43.8 Å². The molecule has 1 atom stereocenters. The minimum atomic E-state index is -4.07. The van der Waals surface area contributed by atoms with Gasteiger partial charge in [-0.05, 0) is 55.5 Å². The third-order valence-electron chi connectivity index (χ3n) is 7.54. The molecule has 3 aliphatic rings. The molecule has 2 amide bonds. The van der Waals surface area contributed by atoms with Crippen LogP contribution in [0.4, 0.5) is 0 Å². The zero-order valence-electron chi connectivity index (χ0n) is 18.7. The molecule has 8 heteroatoms. The van der Waals surface area contributed by atoms with Crippen LogP contribution < -0.4 is 9.46 Å². The largest absolute Gasteiger partial charge is 0.493 e. The Bertz CT molecular complexity index is 1200. The van der Waals surface area contributed by atoms with E-state index in [9.17, 15) is 18.0 Å². The summed E-state index contributed by atoms with van der Waals surface area (Å²) < 4.78 is 33.6. The Kier molecular flexibility index (Phi) is 5.23. The van der Waals surface area contributed by atoms with Crippen molar-refractivity contribution in [2.45, 2.75) is 61.3 Å². The first-order chi connectivity index (χ1) is 15.8. The van der Waals surface area contributed by atoms with E-state index in [1.165, 1.54) is 6.07 Å². The maximum atomic E-state index is 13.8. The van der Waals surface area contributed by atoms with Crippen molar-refractivity contribution in [1.82, 2.24) is 9.62 Å². The highest BCUT2D eigenvalue weighted by atomic mass is 32.2. The fourth-order valence-electron chi connectivity index (χ4n) is 5.36. The highest BCUT2D eigenvalue weighted by Gasteiger charge is 2.56. The van der Waals surface area contributed by atoms with Gasteiger partial charge in [-0.15, -0.1) is 0 Å². The molecule has 0 radical (unpaired) electrons. The molecule has 1 saturated carbocycles. The van der Waals surface area contributed by atoms with Gasteiger partial charge in [-0.2, -0.15) is 0 Å². The summed E-state index contributed by atoms with van der Waals surface area (Å²) in [6, 6.07) is 14.3. The van der Waals surface area contributed by atoms with E-state index in [4.69, 9.17) is 4.74 Å². The molecule has 2 heterocycles. The molecule has 0 aromatic heterocycles. The highest BCUT2D eigenvalue weighted by Crippen LogP contribution is 2.46. The van der Waals surface area contributed by atoms with Crippen molar-refractivity contribution in [3.63, 3.8) is 0 Å². The predicted molar refractivity (Wildman–Crippen MR) is 122 cm³/mol. The summed E-state index contributed by atoms with van der Waals surface area (Å²) in [5.41, 5.74) is -0.0747. The third kappa shape index (κ3) is 3.51. The number of carbonyl (C=O) groups excluding carboxylic acids is 2. The lowest BCUT2D eigenvalue weighted by Gasteiger charge is -2.52. The van der Waals surface area contributed by atoms with E-state index in [2.05, 4.69) is 4.72 Å². The summed E-state index contributed by atoms with van der Waals surface area (Å²) >= 11 is 0. The van der Waals surface area contributed by atoms with Crippen LogP contribution in [0.1, 0.15) is 50.2 Å². The van der Waals surface area contributed by atoms with Gasteiger partial charge in [-0.25, -0.2) is 13.1 Å². The van der Waals surface area contributed by atoms with Crippen molar-refractivity contribution >= 4 is 21.8 Å². The van der Waals surface area contributed by atoms with Crippen molar-refractivity contribution in [2.24, 2.45) is 0 Å². The van der Waals surface area contributed by atoms with Gasteiger partial charge in [0.2, 0.25) is 5.91 Å². The third-order valence-corrected chi connectivity index (χ3v) is 8.87. The van der Waals surface area contributed by atoms with Crippen LogP contribution in [0.5, 0.6) is 5.75 Å². The molecule has 1 unspecified atom stereocenters. The molecule has 5 rings (SSSR count). The maximum Gasteiger partial charge on any atom is 0.264 e. The second kappa shape index (κ2) is 7.87. The molecule has 174 valence electrons. The molecule has 1 aliphatic carbocycles. The Hall–Kier alpha value is -2.87. The molecule has 2 aromatic carbocycles. The lowest BCUT2D eigenvalue weighted by Crippen LogP contribution is -2.70. The lowest BCUT2D eigenvalue weighted by atomic mass is 9.74. The van der Waals surface area contributed by atoms with Gasteiger partial charge in [0.25, 0.3) is 15.9 Å². The van der Waals surface area contributed by atoms with E-state index >= 15 is 0 Å². The number of sulfonamides is 1. The SMILES string of the molecule is CC1(C(=O)NS(=O)(=O)c2ccc3c(c2)CCO3)CCN1C(=O)C1(c2ccccc2)CCCC1. The van der Waals surface area contributed by atoms with E-state index in [-0.39, 0.29) is 10.8 Å². The van der Waals surface area contributed by atoms with Crippen LogP contribution in [0.25, 0.3) is 0 Å². The Morgan fingerprint density at radius 1 is 1.03 bits per heavy atom. The number of hydrogen-bond donors (Lipinski definition) is 1. The minimum Gasteiger partial charge on any atom is -0.493 e. The zero-order chi connectivity index (χ0) is 23.3. The first-order valence-electron chi connectivity index (χ1n) is 11.5. The average Bonchev–Trinajstić information content (AvgIpc) is 3.48. The van der Waals surface area contributed by atoms with Crippen molar-refractivity contribution in [2.75, 3.05) is 13.2 Å². The van der Waals surface area contributed by atoms with Gasteiger partial charge in [-0.3, -0.25) is 9.59 Å². The standard InChI is InChI=1S/C25H28N2O5S/c1-24(22(28)26-33(30,31)20-9-10-21-18(17-20)11-16-32-21)14-15-27(24)23(29)25(12-5-6-13-25)19-7-3-2-4-8-19/h2-4,7-10,17H,5-6,11-16H2,1H3,(H,26,28). The smallest absolute Gasteiger partial charge is 0.264 e. The summed E-state index contributed by atoms with van der Waals surface area (Å²) in [7, 11) is -4.07. The van der Waals surface area contributed by atoms with E-state index in [0.717, 1.165) is 36.8 Å². The minimum absolute atomic E-state index is 0.0254. The van der Waals surface area contributed by atoms with Crippen LogP contribution in [-0.2, 0) is 31.4 Å². The second-order valence-electron chi connectivity index (χ2n) is 9.44. The highest BCUT2D eigenvalue weighted by molar-refractivity contribution is 7.90. The molecule has 0 spiro atoms. The molecule has 2 aliphatic heterocycles. The van der Waals surface area contributed by atoms with Crippen molar-refractivity contribution < 1.29 is 22.7 Å². The number of nitrogens with zero attached hydrogens (tertiary/aromatic N) is 1. The Morgan fingerprint density at radius 3 is 2.42 bits per heavy atom. The number of nitrogens with one attached hydrogen (secondary N) is 1. The monoisotopic (exact) mass is 468 g/mol. The first kappa shape index (κ1) is 21.9. The van der Waals surface area contributed by atoms with Gasteiger partial charge in [0.05, 0.1) is 16.9 Å². The van der Waals surface area contributed by atoms with Crippen molar-refractivity contribution in [3.8, 4) is 5.75 Å². The summed E-state index contributed by atoms with van der Waals surface area (Å²) in [6.45, 7) is 2.61. The van der Waals surface area contributed by atoms with Crippen LogP contribution in [0, 0.1) is 0 Å². The summed E-state index contributed by atoms with van der Waals surface area (Å²) in [5.74, 6) is -0.0759. The summed E-state index contributed by atoms with van der Waals surface area (Å²) in [5, 5.41) is 0. The maximum absolute atomic E-state index is 13.8. The quantitative estimate of drug-likeness (QED) is 0.728. The van der Waals surface area contributed by atoms with E-state index < -0.39 is 26.9 Å². The number of ether oxygens (including phenoxy) is 1. The number of fused-ring (bicyclic) bond motifs is 1. The Morgan fingerprint density at radius 2 is 1.76 bits per heavy atom. The normalized spacial score (nSPS) is 23.4.